The number of aromatic nitrogens is 3. The molecule has 0 bridgehead atoms. The van der Waals surface area contributed by atoms with E-state index in [4.69, 9.17) is 16.1 Å². The van der Waals surface area contributed by atoms with E-state index in [0.717, 1.165) is 11.1 Å². The average Bonchev–Trinajstić information content (AvgIpc) is 3.44. The Morgan fingerprint density at radius 2 is 1.78 bits per heavy atom. The van der Waals surface area contributed by atoms with Gasteiger partial charge in [-0.2, -0.15) is 4.98 Å². The molecule has 2 aromatic heterocycles. The van der Waals surface area contributed by atoms with Gasteiger partial charge in [-0.3, -0.25) is 9.59 Å². The molecule has 0 radical (unpaired) electrons. The van der Waals surface area contributed by atoms with Crippen LogP contribution in [-0.4, -0.2) is 39.6 Å². The summed E-state index contributed by atoms with van der Waals surface area (Å²) in [6, 6.07) is 17.2. The second-order valence-corrected chi connectivity index (χ2v) is 7.68. The number of hydrogen-bond acceptors (Lipinski definition) is 5. The van der Waals surface area contributed by atoms with Crippen LogP contribution in [0.15, 0.2) is 65.3 Å². The highest BCUT2D eigenvalue weighted by atomic mass is 35.5. The molecule has 0 unspecified atom stereocenters. The zero-order valence-electron chi connectivity index (χ0n) is 17.3. The Hall–Kier alpha value is -3.65. The van der Waals surface area contributed by atoms with Crippen LogP contribution in [0.5, 0.6) is 0 Å². The zero-order chi connectivity index (χ0) is 22.3. The summed E-state index contributed by atoms with van der Waals surface area (Å²) in [6.45, 7) is 1.21. The van der Waals surface area contributed by atoms with Gasteiger partial charge in [-0.05, 0) is 35.2 Å². The van der Waals surface area contributed by atoms with Gasteiger partial charge in [-0.15, -0.1) is 0 Å². The molecule has 2 heterocycles. The first-order chi connectivity index (χ1) is 15.6. The number of aryl methyl sites for hydroxylation is 2. The second kappa shape index (κ2) is 10.1. The summed E-state index contributed by atoms with van der Waals surface area (Å²) < 4.78 is 7.18. The van der Waals surface area contributed by atoms with Crippen molar-refractivity contribution in [1.82, 2.24) is 25.3 Å². The van der Waals surface area contributed by atoms with Crippen molar-refractivity contribution in [2.45, 2.75) is 19.4 Å². The largest absolute Gasteiger partial charge is 0.354 e. The molecule has 2 aromatic carbocycles. The summed E-state index contributed by atoms with van der Waals surface area (Å²) in [5.41, 5.74) is 1.99. The fourth-order valence-electron chi connectivity index (χ4n) is 3.31. The molecule has 164 valence electrons. The summed E-state index contributed by atoms with van der Waals surface area (Å²) >= 11 is 5.84. The minimum absolute atomic E-state index is 0.0927. The van der Waals surface area contributed by atoms with Crippen LogP contribution < -0.4 is 10.6 Å². The SMILES string of the molecule is O=C(Cc1ccc(Cl)cc1)NCCNC(=O)c1nc(CCn2ccc3ccccc32)no1. The normalized spacial score (nSPS) is 10.9. The van der Waals surface area contributed by atoms with Gasteiger partial charge in [0.25, 0.3) is 0 Å². The van der Waals surface area contributed by atoms with E-state index in [1.54, 1.807) is 24.3 Å². The van der Waals surface area contributed by atoms with Crippen LogP contribution in [0.3, 0.4) is 0 Å². The first-order valence-electron chi connectivity index (χ1n) is 10.2. The topological polar surface area (TPSA) is 102 Å². The molecule has 2 amide bonds. The summed E-state index contributed by atoms with van der Waals surface area (Å²) in [4.78, 5) is 28.3. The van der Waals surface area contributed by atoms with Crippen LogP contribution in [0.4, 0.5) is 0 Å². The fraction of sp³-hybridized carbons (Fsp3) is 0.217. The Labute approximate surface area is 189 Å². The predicted molar refractivity (Wildman–Crippen MR) is 120 cm³/mol. The van der Waals surface area contributed by atoms with Gasteiger partial charge in [0, 0.05) is 42.8 Å². The Morgan fingerprint density at radius 3 is 2.62 bits per heavy atom. The smallest absolute Gasteiger partial charge is 0.315 e. The summed E-state index contributed by atoms with van der Waals surface area (Å²) in [5, 5.41) is 11.1. The van der Waals surface area contributed by atoms with Crippen molar-refractivity contribution < 1.29 is 14.1 Å². The van der Waals surface area contributed by atoms with Gasteiger partial charge in [0.2, 0.25) is 5.91 Å². The van der Waals surface area contributed by atoms with Crippen molar-refractivity contribution in [3.05, 3.63) is 83.1 Å². The van der Waals surface area contributed by atoms with Crippen molar-refractivity contribution in [1.29, 1.82) is 0 Å². The Balaban J connectivity index is 1.19. The van der Waals surface area contributed by atoms with Gasteiger partial charge >= 0.3 is 11.8 Å². The molecule has 0 saturated heterocycles. The van der Waals surface area contributed by atoms with E-state index in [1.165, 1.54) is 5.39 Å². The molecular weight excluding hydrogens is 430 g/mol. The standard InChI is InChI=1S/C23H22ClN5O3/c24-18-7-5-16(6-8-18)15-21(30)25-11-12-26-22(31)23-27-20(28-32-23)10-14-29-13-9-17-3-1-2-4-19(17)29/h1-9,13H,10-12,14-15H2,(H,25,30)(H,26,31). The number of fused-ring (bicyclic) bond motifs is 1. The maximum absolute atomic E-state index is 12.2. The predicted octanol–water partition coefficient (Wildman–Crippen LogP) is 3.01. The molecule has 0 saturated carbocycles. The summed E-state index contributed by atoms with van der Waals surface area (Å²) in [6.07, 6.45) is 2.80. The Bertz CT molecular complexity index is 1220. The third-order valence-corrected chi connectivity index (χ3v) is 5.18. The van der Waals surface area contributed by atoms with Crippen LogP contribution in [0, 0.1) is 0 Å². The Kier molecular flexibility index (Phi) is 6.81. The maximum Gasteiger partial charge on any atom is 0.315 e. The lowest BCUT2D eigenvalue weighted by Crippen LogP contribution is -2.35. The minimum atomic E-state index is -0.470. The van der Waals surface area contributed by atoms with E-state index < -0.39 is 5.91 Å². The number of rotatable bonds is 9. The molecule has 32 heavy (non-hydrogen) atoms. The van der Waals surface area contributed by atoms with E-state index in [2.05, 4.69) is 43.5 Å². The monoisotopic (exact) mass is 451 g/mol. The highest BCUT2D eigenvalue weighted by Gasteiger charge is 2.15. The molecule has 4 aromatic rings. The van der Waals surface area contributed by atoms with E-state index in [-0.39, 0.29) is 24.8 Å². The number of benzene rings is 2. The second-order valence-electron chi connectivity index (χ2n) is 7.24. The summed E-state index contributed by atoms with van der Waals surface area (Å²) in [7, 11) is 0. The van der Waals surface area contributed by atoms with Gasteiger partial charge in [-0.25, -0.2) is 0 Å². The molecular formula is C23H22ClN5O3. The van der Waals surface area contributed by atoms with E-state index in [9.17, 15) is 9.59 Å². The third-order valence-electron chi connectivity index (χ3n) is 4.93. The molecule has 9 heteroatoms. The van der Waals surface area contributed by atoms with Crippen molar-refractivity contribution >= 4 is 34.3 Å². The maximum atomic E-state index is 12.2. The molecule has 0 aliphatic carbocycles. The van der Waals surface area contributed by atoms with Gasteiger partial charge < -0.3 is 19.7 Å². The molecule has 0 spiro atoms. The highest BCUT2D eigenvalue weighted by Crippen LogP contribution is 2.15. The number of nitrogens with zero attached hydrogens (tertiary/aromatic N) is 3. The van der Waals surface area contributed by atoms with Crippen LogP contribution >= 0.6 is 11.6 Å². The molecule has 0 aliphatic heterocycles. The number of carbonyl (C=O) groups is 2. The minimum Gasteiger partial charge on any atom is -0.354 e. The molecule has 0 atom stereocenters. The quantitative estimate of drug-likeness (QED) is 0.381. The molecule has 4 rings (SSSR count). The lowest BCUT2D eigenvalue weighted by atomic mass is 10.1. The van der Waals surface area contributed by atoms with Crippen LogP contribution in [-0.2, 0) is 24.2 Å². The lowest BCUT2D eigenvalue weighted by Gasteiger charge is -2.06. The number of hydrogen-bond donors (Lipinski definition) is 2. The van der Waals surface area contributed by atoms with Gasteiger partial charge in [0.1, 0.15) is 0 Å². The highest BCUT2D eigenvalue weighted by molar-refractivity contribution is 6.30. The third kappa shape index (κ3) is 5.53. The first-order valence-corrected chi connectivity index (χ1v) is 10.6. The summed E-state index contributed by atoms with van der Waals surface area (Å²) in [5.74, 6) is -0.240. The number of para-hydroxylation sites is 1. The van der Waals surface area contributed by atoms with Gasteiger partial charge in [0.15, 0.2) is 5.82 Å². The Morgan fingerprint density at radius 1 is 1.00 bits per heavy atom. The average molecular weight is 452 g/mol. The van der Waals surface area contributed by atoms with Crippen molar-refractivity contribution in [3.8, 4) is 0 Å². The number of amides is 2. The van der Waals surface area contributed by atoms with Crippen LogP contribution in [0.1, 0.15) is 22.1 Å². The molecule has 0 fully saturated rings. The van der Waals surface area contributed by atoms with E-state index in [0.29, 0.717) is 30.4 Å². The fourth-order valence-corrected chi connectivity index (χ4v) is 3.43. The van der Waals surface area contributed by atoms with Crippen molar-refractivity contribution in [2.75, 3.05) is 13.1 Å². The zero-order valence-corrected chi connectivity index (χ0v) is 18.0. The number of carbonyl (C=O) groups excluding carboxylic acids is 2. The first kappa shape index (κ1) is 21.6. The van der Waals surface area contributed by atoms with Crippen molar-refractivity contribution in [3.63, 3.8) is 0 Å². The van der Waals surface area contributed by atoms with E-state index >= 15 is 0 Å². The van der Waals surface area contributed by atoms with Crippen LogP contribution in [0.2, 0.25) is 5.02 Å². The van der Waals surface area contributed by atoms with Gasteiger partial charge in [-0.1, -0.05) is 47.1 Å². The molecule has 0 aliphatic rings. The number of halogens is 1. The van der Waals surface area contributed by atoms with Crippen molar-refractivity contribution in [2.24, 2.45) is 0 Å². The molecule has 8 nitrogen and oxygen atoms in total. The number of nitrogens with one attached hydrogen (secondary N) is 2. The van der Waals surface area contributed by atoms with E-state index in [1.807, 2.05) is 18.3 Å². The lowest BCUT2D eigenvalue weighted by molar-refractivity contribution is -0.120. The van der Waals surface area contributed by atoms with Crippen LogP contribution in [0.25, 0.3) is 10.9 Å². The molecule has 2 N–H and O–H groups in total. The van der Waals surface area contributed by atoms with Gasteiger partial charge in [0.05, 0.1) is 6.42 Å².